The van der Waals surface area contributed by atoms with E-state index in [1.807, 2.05) is 0 Å². The Balaban J connectivity index is 2.20. The third-order valence-electron chi connectivity index (χ3n) is 2.35. The predicted molar refractivity (Wildman–Crippen MR) is 70.9 cm³/mol. The number of para-hydroxylation sites is 1. The minimum absolute atomic E-state index is 0.0679. The lowest BCUT2D eigenvalue weighted by Gasteiger charge is -2.07. The second-order valence-corrected chi connectivity index (χ2v) is 4.01. The highest BCUT2D eigenvalue weighted by Crippen LogP contribution is 2.24. The predicted octanol–water partition coefficient (Wildman–Crippen LogP) is 2.56. The summed E-state index contributed by atoms with van der Waals surface area (Å²) in [6, 6.07) is 7.20. The maximum Gasteiger partial charge on any atom is 0.276 e. The normalized spacial score (nSPS) is 10.1. The summed E-state index contributed by atoms with van der Waals surface area (Å²) in [7, 11) is 1.68. The van der Waals surface area contributed by atoms with Gasteiger partial charge in [0.1, 0.15) is 11.6 Å². The monoisotopic (exact) mass is 280 g/mol. The average molecular weight is 281 g/mol. The number of aromatic nitrogens is 2. The molecule has 2 rings (SSSR count). The SMILES string of the molecule is CNc1ccc(C(=O)Nc2c(F)cccc2Cl)nn1. The Morgan fingerprint density at radius 1 is 1.26 bits per heavy atom. The first-order chi connectivity index (χ1) is 9.11. The van der Waals surface area contributed by atoms with E-state index in [9.17, 15) is 9.18 Å². The molecule has 98 valence electrons. The lowest BCUT2D eigenvalue weighted by Crippen LogP contribution is -2.15. The smallest absolute Gasteiger partial charge is 0.276 e. The Bertz CT molecular complexity index is 583. The fraction of sp³-hybridized carbons (Fsp3) is 0.0833. The van der Waals surface area contributed by atoms with Crippen molar-refractivity contribution in [3.63, 3.8) is 0 Å². The molecule has 1 aromatic carbocycles. The van der Waals surface area contributed by atoms with Gasteiger partial charge in [0, 0.05) is 7.05 Å². The molecule has 7 heteroatoms. The summed E-state index contributed by atoms with van der Waals surface area (Å²) in [5.41, 5.74) is -0.00743. The van der Waals surface area contributed by atoms with Gasteiger partial charge >= 0.3 is 0 Å². The lowest BCUT2D eigenvalue weighted by atomic mass is 10.3. The molecule has 0 saturated heterocycles. The van der Waals surface area contributed by atoms with Gasteiger partial charge in [0.05, 0.1) is 10.7 Å². The number of carbonyl (C=O) groups is 1. The molecule has 0 radical (unpaired) electrons. The van der Waals surface area contributed by atoms with E-state index in [4.69, 9.17) is 11.6 Å². The van der Waals surface area contributed by atoms with Crippen molar-refractivity contribution in [3.05, 3.63) is 46.9 Å². The minimum atomic E-state index is -0.611. The first-order valence-corrected chi connectivity index (χ1v) is 5.76. The maximum absolute atomic E-state index is 13.5. The number of anilines is 2. The van der Waals surface area contributed by atoms with Gasteiger partial charge in [0.2, 0.25) is 0 Å². The summed E-state index contributed by atoms with van der Waals surface area (Å²) in [4.78, 5) is 11.9. The lowest BCUT2D eigenvalue weighted by molar-refractivity contribution is 0.102. The number of nitrogens with one attached hydrogen (secondary N) is 2. The highest BCUT2D eigenvalue weighted by Gasteiger charge is 2.13. The van der Waals surface area contributed by atoms with E-state index >= 15 is 0 Å². The molecule has 0 spiro atoms. The Labute approximate surface area is 113 Å². The van der Waals surface area contributed by atoms with Gasteiger partial charge < -0.3 is 10.6 Å². The van der Waals surface area contributed by atoms with Crippen molar-refractivity contribution < 1.29 is 9.18 Å². The van der Waals surface area contributed by atoms with E-state index in [1.165, 1.54) is 24.3 Å². The molecule has 0 bridgehead atoms. The Hall–Kier alpha value is -2.21. The van der Waals surface area contributed by atoms with Crippen LogP contribution >= 0.6 is 11.6 Å². The highest BCUT2D eigenvalue weighted by atomic mass is 35.5. The van der Waals surface area contributed by atoms with E-state index in [0.29, 0.717) is 5.82 Å². The number of amides is 1. The Morgan fingerprint density at radius 3 is 2.63 bits per heavy atom. The number of benzene rings is 1. The van der Waals surface area contributed by atoms with Gasteiger partial charge in [0.25, 0.3) is 5.91 Å². The van der Waals surface area contributed by atoms with Crippen LogP contribution in [-0.2, 0) is 0 Å². The van der Waals surface area contributed by atoms with E-state index in [-0.39, 0.29) is 16.4 Å². The summed E-state index contributed by atoms with van der Waals surface area (Å²) in [5.74, 6) is -0.664. The molecule has 1 heterocycles. The molecular formula is C12H10ClFN4O. The van der Waals surface area contributed by atoms with Crippen LogP contribution in [0.25, 0.3) is 0 Å². The summed E-state index contributed by atoms with van der Waals surface area (Å²) in [6.07, 6.45) is 0. The molecule has 0 fully saturated rings. The van der Waals surface area contributed by atoms with Crippen LogP contribution in [0.4, 0.5) is 15.9 Å². The van der Waals surface area contributed by atoms with Gasteiger partial charge in [-0.3, -0.25) is 4.79 Å². The van der Waals surface area contributed by atoms with Crippen molar-refractivity contribution in [3.8, 4) is 0 Å². The Kier molecular flexibility index (Phi) is 3.91. The molecule has 2 aromatic rings. The van der Waals surface area contributed by atoms with E-state index in [0.717, 1.165) is 0 Å². The van der Waals surface area contributed by atoms with Gasteiger partial charge in [-0.2, -0.15) is 0 Å². The van der Waals surface area contributed by atoms with Gasteiger partial charge in [-0.15, -0.1) is 10.2 Å². The fourth-order valence-corrected chi connectivity index (χ4v) is 1.59. The maximum atomic E-state index is 13.5. The molecule has 0 aliphatic carbocycles. The van der Waals surface area contributed by atoms with Crippen LogP contribution in [0.1, 0.15) is 10.5 Å². The number of halogens is 2. The second-order valence-electron chi connectivity index (χ2n) is 3.60. The van der Waals surface area contributed by atoms with Crippen molar-refractivity contribution in [1.82, 2.24) is 10.2 Å². The average Bonchev–Trinajstić information content (AvgIpc) is 2.43. The second kappa shape index (κ2) is 5.62. The van der Waals surface area contributed by atoms with E-state index < -0.39 is 11.7 Å². The third-order valence-corrected chi connectivity index (χ3v) is 2.67. The zero-order valence-electron chi connectivity index (χ0n) is 9.95. The van der Waals surface area contributed by atoms with Crippen molar-refractivity contribution in [2.45, 2.75) is 0 Å². The van der Waals surface area contributed by atoms with Gasteiger partial charge in [-0.05, 0) is 24.3 Å². The minimum Gasteiger partial charge on any atom is -0.372 e. The van der Waals surface area contributed by atoms with Gasteiger partial charge in [0.15, 0.2) is 5.69 Å². The molecule has 0 saturated carbocycles. The topological polar surface area (TPSA) is 66.9 Å². The summed E-state index contributed by atoms with van der Waals surface area (Å²) >= 11 is 5.81. The van der Waals surface area contributed by atoms with Crippen molar-refractivity contribution in [1.29, 1.82) is 0 Å². The molecule has 5 nitrogen and oxygen atoms in total. The Morgan fingerprint density at radius 2 is 2.05 bits per heavy atom. The highest BCUT2D eigenvalue weighted by molar-refractivity contribution is 6.33. The van der Waals surface area contributed by atoms with Crippen LogP contribution in [-0.4, -0.2) is 23.2 Å². The third kappa shape index (κ3) is 2.97. The molecule has 0 atom stereocenters. The molecule has 0 aliphatic heterocycles. The molecule has 2 N–H and O–H groups in total. The molecule has 19 heavy (non-hydrogen) atoms. The first kappa shape index (κ1) is 13.2. The summed E-state index contributed by atoms with van der Waals surface area (Å²) in [6.45, 7) is 0. The van der Waals surface area contributed by atoms with E-state index in [2.05, 4.69) is 20.8 Å². The number of hydrogen-bond donors (Lipinski definition) is 2. The molecular weight excluding hydrogens is 271 g/mol. The van der Waals surface area contributed by atoms with Gasteiger partial charge in [-0.25, -0.2) is 4.39 Å². The fourth-order valence-electron chi connectivity index (χ4n) is 1.38. The van der Waals surface area contributed by atoms with Crippen molar-refractivity contribution in [2.24, 2.45) is 0 Å². The largest absolute Gasteiger partial charge is 0.372 e. The molecule has 1 aromatic heterocycles. The first-order valence-electron chi connectivity index (χ1n) is 5.38. The molecule has 0 aliphatic rings. The number of hydrogen-bond acceptors (Lipinski definition) is 4. The summed E-state index contributed by atoms with van der Waals surface area (Å²) in [5, 5.41) is 12.7. The quantitative estimate of drug-likeness (QED) is 0.907. The van der Waals surface area contributed by atoms with Crippen LogP contribution in [0.3, 0.4) is 0 Å². The van der Waals surface area contributed by atoms with E-state index in [1.54, 1.807) is 13.1 Å². The molecule has 1 amide bonds. The zero-order valence-corrected chi connectivity index (χ0v) is 10.7. The number of carbonyl (C=O) groups excluding carboxylic acids is 1. The van der Waals surface area contributed by atoms with Crippen LogP contribution in [0.5, 0.6) is 0 Å². The standard InChI is InChI=1S/C12H10ClFN4O/c1-15-10-6-5-9(17-18-10)12(19)16-11-7(13)3-2-4-8(11)14/h2-6H,1H3,(H,15,18)(H,16,19). The van der Waals surface area contributed by atoms with Crippen molar-refractivity contribution >= 4 is 29.0 Å². The number of nitrogens with zero attached hydrogens (tertiary/aromatic N) is 2. The van der Waals surface area contributed by atoms with Crippen LogP contribution < -0.4 is 10.6 Å². The van der Waals surface area contributed by atoms with Crippen LogP contribution in [0.15, 0.2) is 30.3 Å². The van der Waals surface area contributed by atoms with Crippen LogP contribution in [0.2, 0.25) is 5.02 Å². The zero-order chi connectivity index (χ0) is 13.8. The van der Waals surface area contributed by atoms with Gasteiger partial charge in [-0.1, -0.05) is 17.7 Å². The summed E-state index contributed by atoms with van der Waals surface area (Å²) < 4.78 is 13.5. The number of rotatable bonds is 3. The van der Waals surface area contributed by atoms with Crippen molar-refractivity contribution in [2.75, 3.05) is 17.7 Å². The molecule has 0 unspecified atom stereocenters. The van der Waals surface area contributed by atoms with Crippen LogP contribution in [0, 0.1) is 5.82 Å².